The molecular formula is C14H18BrClO. The Morgan fingerprint density at radius 2 is 2.12 bits per heavy atom. The maximum atomic E-state index is 5.89. The lowest BCUT2D eigenvalue weighted by Crippen LogP contribution is -2.25. The Kier molecular flexibility index (Phi) is 4.89. The first-order chi connectivity index (χ1) is 8.20. The molecule has 3 unspecified atom stereocenters. The molecule has 0 bridgehead atoms. The van der Waals surface area contributed by atoms with E-state index >= 15 is 0 Å². The molecule has 0 aromatic heterocycles. The SMILES string of the molecule is CCC1OCCC1C(Br)Cc1ccc(Cl)cc1. The van der Waals surface area contributed by atoms with E-state index in [0.29, 0.717) is 16.8 Å². The van der Waals surface area contributed by atoms with E-state index in [1.165, 1.54) is 12.0 Å². The van der Waals surface area contributed by atoms with Crippen LogP contribution in [0.15, 0.2) is 24.3 Å². The van der Waals surface area contributed by atoms with Crippen molar-refractivity contribution in [3.05, 3.63) is 34.9 Å². The third kappa shape index (κ3) is 3.46. The molecule has 1 aromatic carbocycles. The first kappa shape index (κ1) is 13.4. The van der Waals surface area contributed by atoms with Crippen molar-refractivity contribution < 1.29 is 4.74 Å². The molecule has 0 saturated carbocycles. The van der Waals surface area contributed by atoms with Crippen LogP contribution in [0.2, 0.25) is 5.02 Å². The van der Waals surface area contributed by atoms with Crippen molar-refractivity contribution in [2.24, 2.45) is 5.92 Å². The Morgan fingerprint density at radius 1 is 1.41 bits per heavy atom. The van der Waals surface area contributed by atoms with E-state index in [1.54, 1.807) is 0 Å². The molecule has 0 N–H and O–H groups in total. The second-order valence-electron chi connectivity index (χ2n) is 4.62. The minimum absolute atomic E-state index is 0.423. The van der Waals surface area contributed by atoms with Crippen LogP contribution in [0.4, 0.5) is 0 Å². The smallest absolute Gasteiger partial charge is 0.0612 e. The molecule has 1 nitrogen and oxygen atoms in total. The summed E-state index contributed by atoms with van der Waals surface area (Å²) in [6.07, 6.45) is 3.74. The van der Waals surface area contributed by atoms with Gasteiger partial charge in [0.1, 0.15) is 0 Å². The second kappa shape index (κ2) is 6.21. The minimum atomic E-state index is 0.423. The number of alkyl halides is 1. The number of hydrogen-bond acceptors (Lipinski definition) is 1. The molecule has 1 aliphatic heterocycles. The molecular weight excluding hydrogens is 300 g/mol. The monoisotopic (exact) mass is 316 g/mol. The van der Waals surface area contributed by atoms with Gasteiger partial charge in [0, 0.05) is 22.4 Å². The van der Waals surface area contributed by atoms with Crippen molar-refractivity contribution in [1.29, 1.82) is 0 Å². The summed E-state index contributed by atoms with van der Waals surface area (Å²) in [7, 11) is 0. The molecule has 0 aliphatic carbocycles. The summed E-state index contributed by atoms with van der Waals surface area (Å²) in [5, 5.41) is 0.801. The molecule has 1 fully saturated rings. The standard InChI is InChI=1S/C14H18BrClO/c1-2-14-12(7-8-17-14)13(15)9-10-3-5-11(16)6-4-10/h3-6,12-14H,2,7-9H2,1H3. The topological polar surface area (TPSA) is 9.23 Å². The molecule has 1 saturated heterocycles. The summed E-state index contributed by atoms with van der Waals surface area (Å²) >= 11 is 9.72. The maximum Gasteiger partial charge on any atom is 0.0612 e. The van der Waals surface area contributed by atoms with Crippen LogP contribution in [-0.4, -0.2) is 17.5 Å². The molecule has 94 valence electrons. The predicted octanol–water partition coefficient (Wildman–Crippen LogP) is 4.46. The van der Waals surface area contributed by atoms with Crippen molar-refractivity contribution in [2.45, 2.75) is 37.1 Å². The highest BCUT2D eigenvalue weighted by atomic mass is 79.9. The molecule has 0 spiro atoms. The Labute approximate surface area is 117 Å². The van der Waals surface area contributed by atoms with Crippen LogP contribution in [-0.2, 0) is 11.2 Å². The van der Waals surface area contributed by atoms with Gasteiger partial charge < -0.3 is 4.74 Å². The van der Waals surface area contributed by atoms with Gasteiger partial charge in [-0.25, -0.2) is 0 Å². The van der Waals surface area contributed by atoms with Crippen molar-refractivity contribution in [1.82, 2.24) is 0 Å². The van der Waals surface area contributed by atoms with Gasteiger partial charge >= 0.3 is 0 Å². The van der Waals surface area contributed by atoms with Gasteiger partial charge in [-0.2, -0.15) is 0 Å². The number of benzene rings is 1. The number of hydrogen-bond donors (Lipinski definition) is 0. The van der Waals surface area contributed by atoms with Gasteiger partial charge in [-0.15, -0.1) is 0 Å². The second-order valence-corrected chi connectivity index (χ2v) is 6.23. The van der Waals surface area contributed by atoms with E-state index in [9.17, 15) is 0 Å². The normalized spacial score (nSPS) is 26.1. The fourth-order valence-corrected chi connectivity index (χ4v) is 3.60. The first-order valence-corrected chi connectivity index (χ1v) is 7.50. The zero-order chi connectivity index (χ0) is 12.3. The van der Waals surface area contributed by atoms with Crippen LogP contribution < -0.4 is 0 Å². The number of rotatable bonds is 4. The summed E-state index contributed by atoms with van der Waals surface area (Å²) in [6, 6.07) is 8.12. The molecule has 1 aromatic rings. The van der Waals surface area contributed by atoms with Gasteiger partial charge in [0.05, 0.1) is 6.10 Å². The Morgan fingerprint density at radius 3 is 2.76 bits per heavy atom. The number of halogens is 2. The molecule has 1 aliphatic rings. The Bertz CT molecular complexity index is 352. The molecule has 3 atom stereocenters. The van der Waals surface area contributed by atoms with Crippen LogP contribution in [0.5, 0.6) is 0 Å². The molecule has 17 heavy (non-hydrogen) atoms. The van der Waals surface area contributed by atoms with E-state index in [2.05, 4.69) is 35.0 Å². The molecule has 2 rings (SSSR count). The molecule has 3 heteroatoms. The highest BCUT2D eigenvalue weighted by molar-refractivity contribution is 9.09. The van der Waals surface area contributed by atoms with Gasteiger partial charge in [-0.3, -0.25) is 0 Å². The van der Waals surface area contributed by atoms with Gasteiger partial charge in [-0.1, -0.05) is 46.6 Å². The van der Waals surface area contributed by atoms with Gasteiger partial charge in [-0.05, 0) is 37.0 Å². The summed E-state index contributed by atoms with van der Waals surface area (Å²) in [6.45, 7) is 3.11. The predicted molar refractivity (Wildman–Crippen MR) is 76.0 cm³/mol. The molecule has 0 radical (unpaired) electrons. The quantitative estimate of drug-likeness (QED) is 0.745. The third-order valence-corrected chi connectivity index (χ3v) is 4.73. The Hall–Kier alpha value is -0.0500. The van der Waals surface area contributed by atoms with E-state index in [-0.39, 0.29) is 0 Å². The highest BCUT2D eigenvalue weighted by Crippen LogP contribution is 2.32. The van der Waals surface area contributed by atoms with Crippen LogP contribution in [0.25, 0.3) is 0 Å². The fourth-order valence-electron chi connectivity index (χ4n) is 2.50. The average molecular weight is 318 g/mol. The summed E-state index contributed by atoms with van der Waals surface area (Å²) < 4.78 is 5.74. The van der Waals surface area contributed by atoms with E-state index in [1.807, 2.05) is 12.1 Å². The van der Waals surface area contributed by atoms with Crippen molar-refractivity contribution >= 4 is 27.5 Å². The summed E-state index contributed by atoms with van der Waals surface area (Å²) in [5.41, 5.74) is 1.33. The third-order valence-electron chi connectivity index (χ3n) is 3.47. The van der Waals surface area contributed by atoms with Crippen LogP contribution in [0.3, 0.4) is 0 Å². The van der Waals surface area contributed by atoms with Crippen molar-refractivity contribution in [2.75, 3.05) is 6.61 Å². The van der Waals surface area contributed by atoms with E-state index < -0.39 is 0 Å². The van der Waals surface area contributed by atoms with Gasteiger partial charge in [0.2, 0.25) is 0 Å². The van der Waals surface area contributed by atoms with Gasteiger partial charge in [0.15, 0.2) is 0 Å². The van der Waals surface area contributed by atoms with Crippen molar-refractivity contribution in [3.8, 4) is 0 Å². The highest BCUT2D eigenvalue weighted by Gasteiger charge is 2.32. The lowest BCUT2D eigenvalue weighted by atomic mass is 9.92. The van der Waals surface area contributed by atoms with E-state index in [0.717, 1.165) is 24.5 Å². The zero-order valence-electron chi connectivity index (χ0n) is 10.0. The number of ether oxygens (including phenoxy) is 1. The zero-order valence-corrected chi connectivity index (χ0v) is 12.4. The van der Waals surface area contributed by atoms with Gasteiger partial charge in [0.25, 0.3) is 0 Å². The van der Waals surface area contributed by atoms with E-state index in [4.69, 9.17) is 16.3 Å². The minimum Gasteiger partial charge on any atom is -0.378 e. The van der Waals surface area contributed by atoms with Crippen molar-refractivity contribution in [3.63, 3.8) is 0 Å². The fraction of sp³-hybridized carbons (Fsp3) is 0.571. The summed E-state index contributed by atoms with van der Waals surface area (Å²) in [4.78, 5) is 0.496. The van der Waals surface area contributed by atoms with Crippen LogP contribution in [0.1, 0.15) is 25.3 Å². The average Bonchev–Trinajstić information content (AvgIpc) is 2.80. The summed E-state index contributed by atoms with van der Waals surface area (Å²) in [5.74, 6) is 0.635. The van der Waals surface area contributed by atoms with Crippen LogP contribution in [0, 0.1) is 5.92 Å². The largest absolute Gasteiger partial charge is 0.378 e. The first-order valence-electron chi connectivity index (χ1n) is 6.21. The van der Waals surface area contributed by atoms with Crippen LogP contribution >= 0.6 is 27.5 Å². The Balaban J connectivity index is 1.96. The molecule has 1 heterocycles. The lowest BCUT2D eigenvalue weighted by Gasteiger charge is -2.22. The molecule has 0 amide bonds. The maximum absolute atomic E-state index is 5.89. The lowest BCUT2D eigenvalue weighted by molar-refractivity contribution is 0.0873.